The molecule has 1 aliphatic heterocycles. The number of methoxy groups -OCH3 is 1. The molecule has 0 spiro atoms. The first-order valence-electron chi connectivity index (χ1n) is 9.20. The molecule has 1 aromatic heterocycles. The van der Waals surface area contributed by atoms with Gasteiger partial charge in [-0.3, -0.25) is 24.5 Å². The molecule has 3 rings (SSSR count). The largest absolute Gasteiger partial charge is 0.497 e. The first-order valence-corrected chi connectivity index (χ1v) is 9.20. The number of aryl methyl sites for hydroxylation is 1. The molecule has 2 heterocycles. The molecule has 1 amide bonds. The number of benzene rings is 1. The molecule has 150 valence electrons. The predicted octanol–water partition coefficient (Wildman–Crippen LogP) is 1.76. The quantitative estimate of drug-likeness (QED) is 0.554. The zero-order chi connectivity index (χ0) is 20.3. The molecule has 1 fully saturated rings. The van der Waals surface area contributed by atoms with Crippen LogP contribution in [0.3, 0.4) is 0 Å². The minimum atomic E-state index is -0.448. The first-order chi connectivity index (χ1) is 13.4. The zero-order valence-corrected chi connectivity index (χ0v) is 16.4. The van der Waals surface area contributed by atoms with Crippen LogP contribution in [0.25, 0.3) is 0 Å². The molecule has 28 heavy (non-hydrogen) atoms. The third kappa shape index (κ3) is 4.30. The summed E-state index contributed by atoms with van der Waals surface area (Å²) in [6.45, 7) is 6.86. The molecule has 2 aromatic rings. The second-order valence-corrected chi connectivity index (χ2v) is 6.94. The molecule has 0 N–H and O–H groups in total. The minimum absolute atomic E-state index is 0.0177. The highest BCUT2D eigenvalue weighted by molar-refractivity contribution is 5.76. The van der Waals surface area contributed by atoms with Crippen LogP contribution in [0.4, 0.5) is 5.69 Å². The van der Waals surface area contributed by atoms with Crippen molar-refractivity contribution in [3.63, 3.8) is 0 Å². The Kier molecular flexibility index (Phi) is 5.93. The smallest absolute Gasteiger partial charge is 0.312 e. The van der Waals surface area contributed by atoms with Gasteiger partial charge in [-0.15, -0.1) is 0 Å². The van der Waals surface area contributed by atoms with Crippen molar-refractivity contribution in [3.05, 3.63) is 51.3 Å². The molecule has 1 saturated heterocycles. The Morgan fingerprint density at radius 2 is 1.96 bits per heavy atom. The van der Waals surface area contributed by atoms with Crippen LogP contribution in [0.1, 0.15) is 17.0 Å². The fourth-order valence-electron chi connectivity index (χ4n) is 3.52. The second-order valence-electron chi connectivity index (χ2n) is 6.94. The molecular formula is C19H25N5O4. The van der Waals surface area contributed by atoms with E-state index in [9.17, 15) is 14.9 Å². The van der Waals surface area contributed by atoms with E-state index >= 15 is 0 Å². The van der Waals surface area contributed by atoms with Crippen LogP contribution >= 0.6 is 0 Å². The number of rotatable bonds is 6. The van der Waals surface area contributed by atoms with E-state index < -0.39 is 4.92 Å². The van der Waals surface area contributed by atoms with Crippen molar-refractivity contribution in [3.8, 4) is 5.75 Å². The summed E-state index contributed by atoms with van der Waals surface area (Å²) in [6, 6.07) is 7.98. The van der Waals surface area contributed by atoms with Gasteiger partial charge in [-0.05, 0) is 31.5 Å². The predicted molar refractivity (Wildman–Crippen MR) is 103 cm³/mol. The van der Waals surface area contributed by atoms with E-state index in [0.29, 0.717) is 24.5 Å². The molecule has 0 bridgehead atoms. The molecule has 1 aromatic carbocycles. The van der Waals surface area contributed by atoms with E-state index in [0.717, 1.165) is 25.4 Å². The van der Waals surface area contributed by atoms with Gasteiger partial charge in [0.25, 0.3) is 0 Å². The van der Waals surface area contributed by atoms with Crippen molar-refractivity contribution in [2.75, 3.05) is 33.3 Å². The van der Waals surface area contributed by atoms with Crippen LogP contribution in [0.2, 0.25) is 0 Å². The van der Waals surface area contributed by atoms with Gasteiger partial charge in [-0.2, -0.15) is 5.10 Å². The van der Waals surface area contributed by atoms with Crippen LogP contribution in [0.5, 0.6) is 5.75 Å². The Labute approximate surface area is 163 Å². The lowest BCUT2D eigenvalue weighted by atomic mass is 10.2. The number of nitrogens with zero attached hydrogens (tertiary/aromatic N) is 5. The number of hydrogen-bond donors (Lipinski definition) is 0. The molecule has 0 atom stereocenters. The van der Waals surface area contributed by atoms with Gasteiger partial charge < -0.3 is 9.64 Å². The van der Waals surface area contributed by atoms with Gasteiger partial charge in [-0.1, -0.05) is 12.1 Å². The summed E-state index contributed by atoms with van der Waals surface area (Å²) >= 11 is 0. The second kappa shape index (κ2) is 8.39. The summed E-state index contributed by atoms with van der Waals surface area (Å²) < 4.78 is 6.69. The summed E-state index contributed by atoms with van der Waals surface area (Å²) in [5, 5.41) is 15.3. The third-order valence-corrected chi connectivity index (χ3v) is 5.08. The Balaban J connectivity index is 1.55. The van der Waals surface area contributed by atoms with Crippen LogP contribution in [-0.4, -0.2) is 63.7 Å². The molecule has 9 nitrogen and oxygen atoms in total. The van der Waals surface area contributed by atoms with Crippen molar-refractivity contribution in [1.82, 2.24) is 19.6 Å². The number of piperazine rings is 1. The third-order valence-electron chi connectivity index (χ3n) is 5.08. The van der Waals surface area contributed by atoms with Gasteiger partial charge in [0.05, 0.1) is 12.0 Å². The van der Waals surface area contributed by atoms with Gasteiger partial charge >= 0.3 is 5.69 Å². The van der Waals surface area contributed by atoms with E-state index in [1.807, 2.05) is 18.2 Å². The molecule has 0 radical (unpaired) electrons. The van der Waals surface area contributed by atoms with Gasteiger partial charge in [-0.25, -0.2) is 0 Å². The number of nitro groups is 1. The fraction of sp³-hybridized carbons (Fsp3) is 0.474. The molecule has 1 aliphatic rings. The van der Waals surface area contributed by atoms with Gasteiger partial charge in [0, 0.05) is 32.7 Å². The number of carbonyl (C=O) groups excluding carboxylic acids is 1. The lowest BCUT2D eigenvalue weighted by Crippen LogP contribution is -2.49. The fourth-order valence-corrected chi connectivity index (χ4v) is 3.52. The average molecular weight is 387 g/mol. The topological polar surface area (TPSA) is 93.7 Å². The number of carbonyl (C=O) groups is 1. The monoisotopic (exact) mass is 387 g/mol. The summed E-state index contributed by atoms with van der Waals surface area (Å²) in [4.78, 5) is 27.4. The highest BCUT2D eigenvalue weighted by Gasteiger charge is 2.26. The summed E-state index contributed by atoms with van der Waals surface area (Å²) in [7, 11) is 1.65. The standard InChI is InChI=1S/C19H25N5O4/c1-14-19(24(26)27)15(2)23(20-14)13-18(25)22-9-7-21(8-10-22)12-16-5-4-6-17(11-16)28-3/h4-6,11H,7-10,12-13H2,1-3H3. The first kappa shape index (κ1) is 19.8. The van der Waals surface area contributed by atoms with Gasteiger partial charge in [0.2, 0.25) is 5.91 Å². The Bertz CT molecular complexity index is 871. The Morgan fingerprint density at radius 1 is 1.25 bits per heavy atom. The SMILES string of the molecule is COc1cccc(CN2CCN(C(=O)Cn3nc(C)c([N+](=O)[O-])c3C)CC2)c1. The van der Waals surface area contributed by atoms with E-state index in [2.05, 4.69) is 16.1 Å². The van der Waals surface area contributed by atoms with Crippen molar-refractivity contribution in [2.24, 2.45) is 0 Å². The van der Waals surface area contributed by atoms with Gasteiger partial charge in [0.1, 0.15) is 23.7 Å². The van der Waals surface area contributed by atoms with Crippen molar-refractivity contribution < 1.29 is 14.5 Å². The van der Waals surface area contributed by atoms with Gasteiger partial charge in [0.15, 0.2) is 0 Å². The van der Waals surface area contributed by atoms with Crippen LogP contribution in [-0.2, 0) is 17.9 Å². The molecule has 0 aliphatic carbocycles. The van der Waals surface area contributed by atoms with Crippen LogP contribution < -0.4 is 4.74 Å². The minimum Gasteiger partial charge on any atom is -0.497 e. The maximum atomic E-state index is 12.6. The summed E-state index contributed by atoms with van der Waals surface area (Å²) in [5.74, 6) is 0.770. The van der Waals surface area contributed by atoms with Crippen LogP contribution in [0, 0.1) is 24.0 Å². The molecular weight excluding hydrogens is 362 g/mol. The Morgan fingerprint density at radius 3 is 2.57 bits per heavy atom. The normalized spacial score (nSPS) is 14.9. The molecule has 0 unspecified atom stereocenters. The van der Waals surface area contributed by atoms with Crippen molar-refractivity contribution >= 4 is 11.6 Å². The summed E-state index contributed by atoms with van der Waals surface area (Å²) in [6.07, 6.45) is 0. The van der Waals surface area contributed by atoms with E-state index in [4.69, 9.17) is 4.74 Å². The lowest BCUT2D eigenvalue weighted by molar-refractivity contribution is -0.386. The van der Waals surface area contributed by atoms with Crippen LogP contribution in [0.15, 0.2) is 24.3 Å². The van der Waals surface area contributed by atoms with Crippen molar-refractivity contribution in [1.29, 1.82) is 0 Å². The van der Waals surface area contributed by atoms with E-state index in [-0.39, 0.29) is 18.1 Å². The maximum absolute atomic E-state index is 12.6. The summed E-state index contributed by atoms with van der Waals surface area (Å²) in [5.41, 5.74) is 1.90. The Hall–Kier alpha value is -2.94. The highest BCUT2D eigenvalue weighted by Crippen LogP contribution is 2.22. The number of amides is 1. The average Bonchev–Trinajstić information content (AvgIpc) is 2.95. The number of ether oxygens (including phenoxy) is 1. The number of aromatic nitrogens is 2. The van der Waals surface area contributed by atoms with Crippen molar-refractivity contribution in [2.45, 2.75) is 26.9 Å². The maximum Gasteiger partial charge on any atom is 0.312 e. The van der Waals surface area contributed by atoms with E-state index in [1.165, 1.54) is 10.2 Å². The zero-order valence-electron chi connectivity index (χ0n) is 16.4. The number of hydrogen-bond acceptors (Lipinski definition) is 6. The van der Waals surface area contributed by atoms with E-state index in [1.54, 1.807) is 25.9 Å². The highest BCUT2D eigenvalue weighted by atomic mass is 16.6. The molecule has 0 saturated carbocycles. The molecule has 9 heteroatoms. The lowest BCUT2D eigenvalue weighted by Gasteiger charge is -2.34.